The minimum Gasteiger partial charge on any atom is -0.497 e. The molecule has 7 nitrogen and oxygen atoms in total. The Kier molecular flexibility index (Phi) is 5.55. The Bertz CT molecular complexity index is 788. The van der Waals surface area contributed by atoms with Gasteiger partial charge in [-0.2, -0.15) is 0 Å². The molecule has 1 aromatic carbocycles. The average molecular weight is 356 g/mol. The first-order chi connectivity index (χ1) is 12.6. The molecule has 7 heteroatoms. The summed E-state index contributed by atoms with van der Waals surface area (Å²) in [7, 11) is 3.12. The van der Waals surface area contributed by atoms with E-state index in [1.165, 1.54) is 12.8 Å². The summed E-state index contributed by atoms with van der Waals surface area (Å²) >= 11 is 0. The first kappa shape index (κ1) is 18.0. The standard InChI is InChI=1S/C19H24N4O3/c1-12-20-16(11-18(21-12)22-13-6-4-5-7-13)19(24)23-15-10-14(25-2)8-9-17(15)26-3/h8-11,13H,4-7H2,1-3H3,(H,23,24)(H,20,21,22). The Hall–Kier alpha value is -2.83. The molecule has 138 valence electrons. The highest BCUT2D eigenvalue weighted by Gasteiger charge is 2.18. The molecule has 0 atom stereocenters. The number of nitrogens with zero attached hydrogens (tertiary/aromatic N) is 2. The van der Waals surface area contributed by atoms with Crippen molar-refractivity contribution in [3.05, 3.63) is 35.8 Å². The van der Waals surface area contributed by atoms with Gasteiger partial charge in [0.25, 0.3) is 5.91 Å². The van der Waals surface area contributed by atoms with Crippen molar-refractivity contribution in [1.82, 2.24) is 9.97 Å². The molecule has 0 radical (unpaired) electrons. The van der Waals surface area contributed by atoms with Crippen molar-refractivity contribution in [2.75, 3.05) is 24.9 Å². The van der Waals surface area contributed by atoms with Gasteiger partial charge < -0.3 is 20.1 Å². The molecule has 0 bridgehead atoms. The number of anilines is 2. The molecule has 1 saturated carbocycles. The van der Waals surface area contributed by atoms with Crippen LogP contribution in [-0.2, 0) is 0 Å². The number of aryl methyl sites for hydroxylation is 1. The number of rotatable bonds is 6. The van der Waals surface area contributed by atoms with E-state index in [4.69, 9.17) is 9.47 Å². The molecule has 0 unspecified atom stereocenters. The minimum absolute atomic E-state index is 0.308. The van der Waals surface area contributed by atoms with E-state index in [0.717, 1.165) is 12.8 Å². The maximum absolute atomic E-state index is 12.7. The number of carbonyl (C=O) groups excluding carboxylic acids is 1. The van der Waals surface area contributed by atoms with Crippen molar-refractivity contribution in [1.29, 1.82) is 0 Å². The summed E-state index contributed by atoms with van der Waals surface area (Å²) in [6, 6.07) is 7.33. The molecule has 1 heterocycles. The fourth-order valence-electron chi connectivity index (χ4n) is 3.14. The lowest BCUT2D eigenvalue weighted by Gasteiger charge is -2.14. The maximum Gasteiger partial charge on any atom is 0.274 e. The number of aromatic nitrogens is 2. The highest BCUT2D eigenvalue weighted by atomic mass is 16.5. The number of methoxy groups -OCH3 is 2. The average Bonchev–Trinajstić information content (AvgIpc) is 3.14. The van der Waals surface area contributed by atoms with Crippen LogP contribution in [0.2, 0.25) is 0 Å². The molecule has 2 aromatic rings. The van der Waals surface area contributed by atoms with Crippen LogP contribution in [0.25, 0.3) is 0 Å². The number of carbonyl (C=O) groups is 1. The second-order valence-electron chi connectivity index (χ2n) is 6.33. The first-order valence-corrected chi connectivity index (χ1v) is 8.74. The zero-order chi connectivity index (χ0) is 18.5. The molecule has 3 rings (SSSR count). The fourth-order valence-corrected chi connectivity index (χ4v) is 3.14. The van der Waals surface area contributed by atoms with Crippen molar-refractivity contribution in [3.63, 3.8) is 0 Å². The Balaban J connectivity index is 1.80. The number of nitrogens with one attached hydrogen (secondary N) is 2. The Morgan fingerprint density at radius 3 is 2.58 bits per heavy atom. The molecule has 1 aliphatic carbocycles. The topological polar surface area (TPSA) is 85.4 Å². The van der Waals surface area contributed by atoms with Crippen LogP contribution in [0.4, 0.5) is 11.5 Å². The van der Waals surface area contributed by atoms with Crippen LogP contribution in [-0.4, -0.2) is 36.1 Å². The van der Waals surface area contributed by atoms with Crippen LogP contribution in [0.1, 0.15) is 42.0 Å². The lowest BCUT2D eigenvalue weighted by Crippen LogP contribution is -2.19. The second-order valence-corrected chi connectivity index (χ2v) is 6.33. The lowest BCUT2D eigenvalue weighted by molar-refractivity contribution is 0.102. The molecule has 2 N–H and O–H groups in total. The molecule has 26 heavy (non-hydrogen) atoms. The maximum atomic E-state index is 12.7. The number of hydrogen-bond acceptors (Lipinski definition) is 6. The molecule has 0 aliphatic heterocycles. The number of benzene rings is 1. The summed E-state index contributed by atoms with van der Waals surface area (Å²) in [6.07, 6.45) is 4.71. The van der Waals surface area contributed by atoms with Crippen molar-refractivity contribution < 1.29 is 14.3 Å². The molecule has 1 aromatic heterocycles. The number of hydrogen-bond donors (Lipinski definition) is 2. The van der Waals surface area contributed by atoms with Gasteiger partial charge in [0, 0.05) is 18.2 Å². The third kappa shape index (κ3) is 4.22. The normalized spacial score (nSPS) is 14.1. The predicted molar refractivity (Wildman–Crippen MR) is 100 cm³/mol. The Morgan fingerprint density at radius 2 is 1.88 bits per heavy atom. The molecule has 1 amide bonds. The summed E-state index contributed by atoms with van der Waals surface area (Å²) in [4.78, 5) is 21.4. The van der Waals surface area contributed by atoms with Crippen LogP contribution in [0.5, 0.6) is 11.5 Å². The SMILES string of the molecule is COc1ccc(OC)c(NC(=O)c2cc(NC3CCCC3)nc(C)n2)c1. The van der Waals surface area contributed by atoms with Gasteiger partial charge in [0.15, 0.2) is 0 Å². The van der Waals surface area contributed by atoms with Gasteiger partial charge in [-0.25, -0.2) is 9.97 Å². The van der Waals surface area contributed by atoms with Gasteiger partial charge in [-0.15, -0.1) is 0 Å². The largest absolute Gasteiger partial charge is 0.497 e. The number of ether oxygens (including phenoxy) is 2. The van der Waals surface area contributed by atoms with E-state index in [1.807, 2.05) is 0 Å². The summed E-state index contributed by atoms with van der Waals surface area (Å²) in [5.41, 5.74) is 0.835. The van der Waals surface area contributed by atoms with E-state index in [-0.39, 0.29) is 5.91 Å². The van der Waals surface area contributed by atoms with Crippen LogP contribution in [0.3, 0.4) is 0 Å². The fraction of sp³-hybridized carbons (Fsp3) is 0.421. The lowest BCUT2D eigenvalue weighted by atomic mass is 10.2. The quantitative estimate of drug-likeness (QED) is 0.825. The first-order valence-electron chi connectivity index (χ1n) is 8.74. The molecular weight excluding hydrogens is 332 g/mol. The van der Waals surface area contributed by atoms with E-state index < -0.39 is 0 Å². The van der Waals surface area contributed by atoms with Crippen LogP contribution >= 0.6 is 0 Å². The van der Waals surface area contributed by atoms with Crippen molar-refractivity contribution in [2.24, 2.45) is 0 Å². The summed E-state index contributed by atoms with van der Waals surface area (Å²) in [5.74, 6) is 2.09. The van der Waals surface area contributed by atoms with Gasteiger partial charge in [-0.05, 0) is 31.9 Å². The van der Waals surface area contributed by atoms with Gasteiger partial charge in [-0.3, -0.25) is 4.79 Å². The van der Waals surface area contributed by atoms with E-state index in [0.29, 0.717) is 40.6 Å². The summed E-state index contributed by atoms with van der Waals surface area (Å²) < 4.78 is 10.5. The predicted octanol–water partition coefficient (Wildman–Crippen LogP) is 3.41. The van der Waals surface area contributed by atoms with Crippen molar-refractivity contribution >= 4 is 17.4 Å². The van der Waals surface area contributed by atoms with Crippen molar-refractivity contribution in [2.45, 2.75) is 38.6 Å². The zero-order valence-electron chi connectivity index (χ0n) is 15.3. The second kappa shape index (κ2) is 8.03. The van der Waals surface area contributed by atoms with E-state index in [1.54, 1.807) is 45.4 Å². The molecule has 1 fully saturated rings. The highest BCUT2D eigenvalue weighted by Crippen LogP contribution is 2.29. The van der Waals surface area contributed by atoms with E-state index >= 15 is 0 Å². The zero-order valence-corrected chi connectivity index (χ0v) is 15.3. The molecule has 1 aliphatic rings. The van der Waals surface area contributed by atoms with Gasteiger partial charge in [-0.1, -0.05) is 12.8 Å². The minimum atomic E-state index is -0.323. The van der Waals surface area contributed by atoms with Crippen molar-refractivity contribution in [3.8, 4) is 11.5 Å². The molecular formula is C19H24N4O3. The van der Waals surface area contributed by atoms with Gasteiger partial charge in [0.05, 0.1) is 19.9 Å². The van der Waals surface area contributed by atoms with Crippen LogP contribution in [0, 0.1) is 6.92 Å². The van der Waals surface area contributed by atoms with E-state index in [2.05, 4.69) is 20.6 Å². The Morgan fingerprint density at radius 1 is 1.12 bits per heavy atom. The van der Waals surface area contributed by atoms with Gasteiger partial charge in [0.1, 0.15) is 28.8 Å². The van der Waals surface area contributed by atoms with E-state index in [9.17, 15) is 4.79 Å². The third-order valence-corrected chi connectivity index (χ3v) is 4.43. The van der Waals surface area contributed by atoms with Gasteiger partial charge >= 0.3 is 0 Å². The molecule has 0 spiro atoms. The van der Waals surface area contributed by atoms with Gasteiger partial charge in [0.2, 0.25) is 0 Å². The molecule has 0 saturated heterocycles. The smallest absolute Gasteiger partial charge is 0.274 e. The van der Waals surface area contributed by atoms with Crippen LogP contribution < -0.4 is 20.1 Å². The third-order valence-electron chi connectivity index (χ3n) is 4.43. The summed E-state index contributed by atoms with van der Waals surface area (Å²) in [5, 5.41) is 6.24. The number of amides is 1. The summed E-state index contributed by atoms with van der Waals surface area (Å²) in [6.45, 7) is 1.78. The highest BCUT2D eigenvalue weighted by molar-refractivity contribution is 6.04. The van der Waals surface area contributed by atoms with Crippen LogP contribution in [0.15, 0.2) is 24.3 Å². The Labute approximate surface area is 153 Å². The monoisotopic (exact) mass is 356 g/mol.